The third kappa shape index (κ3) is 7.39. The summed E-state index contributed by atoms with van der Waals surface area (Å²) < 4.78 is 21.2. The van der Waals surface area contributed by atoms with Crippen molar-refractivity contribution in [2.24, 2.45) is 10.3 Å². The number of nitrogens with zero attached hydrogens (tertiary/aromatic N) is 2. The molecule has 1 rings (SSSR count). The Morgan fingerprint density at radius 2 is 2.04 bits per heavy atom. The molecule has 9 heteroatoms. The summed E-state index contributed by atoms with van der Waals surface area (Å²) in [6.45, 7) is 10.8. The van der Waals surface area contributed by atoms with Crippen molar-refractivity contribution >= 4 is 33.9 Å². The SMILES string of the molecule is Cc1csc([S-](=O)=NC(=O)[C@H](CC(C)C)NC(=O)OC(C)(C)C)n1. The zero-order valence-corrected chi connectivity index (χ0v) is 16.4. The van der Waals surface area contributed by atoms with Crippen molar-refractivity contribution < 1.29 is 18.5 Å². The lowest BCUT2D eigenvalue weighted by molar-refractivity contribution is -0.120. The molecule has 0 spiro atoms. The molecular weight excluding hydrogens is 350 g/mol. The number of thiazole rings is 1. The quantitative estimate of drug-likeness (QED) is 0.796. The van der Waals surface area contributed by atoms with Crippen LogP contribution in [0.15, 0.2) is 14.1 Å². The summed E-state index contributed by atoms with van der Waals surface area (Å²) in [7, 11) is -1.87. The molecule has 0 aliphatic carbocycles. The minimum Gasteiger partial charge on any atom is -0.444 e. The minimum absolute atomic E-state index is 0.139. The van der Waals surface area contributed by atoms with Gasteiger partial charge in [-0.3, -0.25) is 9.78 Å². The monoisotopic (exact) mass is 374 g/mol. The zero-order valence-electron chi connectivity index (χ0n) is 14.8. The summed E-state index contributed by atoms with van der Waals surface area (Å²) in [4.78, 5) is 28.3. The van der Waals surface area contributed by atoms with Crippen molar-refractivity contribution in [3.05, 3.63) is 11.1 Å². The molecule has 1 aromatic heterocycles. The summed E-state index contributed by atoms with van der Waals surface area (Å²) in [5.74, 6) is -0.514. The van der Waals surface area contributed by atoms with Gasteiger partial charge in [-0.25, -0.2) is 4.79 Å². The van der Waals surface area contributed by atoms with Gasteiger partial charge in [-0.2, -0.15) is 0 Å². The van der Waals surface area contributed by atoms with Gasteiger partial charge < -0.3 is 18.6 Å². The van der Waals surface area contributed by atoms with Gasteiger partial charge >= 0.3 is 6.09 Å². The first kappa shape index (κ1) is 20.6. The predicted octanol–water partition coefficient (Wildman–Crippen LogP) is 3.42. The van der Waals surface area contributed by atoms with Crippen LogP contribution in [-0.2, 0) is 24.3 Å². The van der Waals surface area contributed by atoms with Crippen LogP contribution in [0.3, 0.4) is 0 Å². The highest BCUT2D eigenvalue weighted by Gasteiger charge is 2.24. The molecule has 1 aromatic rings. The van der Waals surface area contributed by atoms with Crippen molar-refractivity contribution in [1.82, 2.24) is 10.3 Å². The predicted molar refractivity (Wildman–Crippen MR) is 93.2 cm³/mol. The van der Waals surface area contributed by atoms with Gasteiger partial charge in [0, 0.05) is 15.4 Å². The van der Waals surface area contributed by atoms with Gasteiger partial charge in [-0.05, 0) is 40.0 Å². The highest BCUT2D eigenvalue weighted by atomic mass is 32.2. The van der Waals surface area contributed by atoms with Crippen LogP contribution in [0.1, 0.15) is 46.7 Å². The molecule has 7 nitrogen and oxygen atoms in total. The molecule has 2 amide bonds. The Labute approximate surface area is 148 Å². The van der Waals surface area contributed by atoms with E-state index in [1.807, 2.05) is 13.8 Å². The van der Waals surface area contributed by atoms with E-state index in [0.29, 0.717) is 6.42 Å². The van der Waals surface area contributed by atoms with Crippen LogP contribution in [-0.4, -0.2) is 28.6 Å². The third-order valence-electron chi connectivity index (χ3n) is 2.62. The summed E-state index contributed by atoms with van der Waals surface area (Å²) in [6, 6.07) is -0.884. The summed E-state index contributed by atoms with van der Waals surface area (Å²) in [5.41, 5.74) is 0.0464. The number of hydrogen-bond donors (Lipinski definition) is 1. The molecule has 0 aliphatic rings. The normalized spacial score (nSPS) is 14.5. The molecule has 0 radical (unpaired) electrons. The molecule has 0 unspecified atom stereocenters. The van der Waals surface area contributed by atoms with E-state index in [-0.39, 0.29) is 10.3 Å². The van der Waals surface area contributed by atoms with Crippen LogP contribution >= 0.6 is 11.3 Å². The smallest absolute Gasteiger partial charge is 0.408 e. The van der Waals surface area contributed by atoms with E-state index in [0.717, 1.165) is 5.69 Å². The number of rotatable bonds is 5. The fraction of sp³-hybridized carbons (Fsp3) is 0.667. The zero-order chi connectivity index (χ0) is 18.5. The van der Waals surface area contributed by atoms with E-state index >= 15 is 0 Å². The molecule has 0 saturated heterocycles. The molecule has 0 fully saturated rings. The summed E-state index contributed by atoms with van der Waals surface area (Å²) in [6.07, 6.45) is -0.331. The van der Waals surface area contributed by atoms with Crippen molar-refractivity contribution in [3.63, 3.8) is 0 Å². The van der Waals surface area contributed by atoms with Crippen LogP contribution < -0.4 is 5.32 Å². The average Bonchev–Trinajstić information content (AvgIpc) is 2.81. The second-order valence-corrected chi connectivity index (χ2v) is 8.95. The van der Waals surface area contributed by atoms with Crippen LogP contribution in [0.2, 0.25) is 0 Å². The highest BCUT2D eigenvalue weighted by molar-refractivity contribution is 7.77. The number of ether oxygens (including phenoxy) is 1. The van der Waals surface area contributed by atoms with Crippen LogP contribution in [0.4, 0.5) is 4.79 Å². The molecule has 0 saturated carbocycles. The Balaban J connectivity index is 2.89. The van der Waals surface area contributed by atoms with Gasteiger partial charge in [0.1, 0.15) is 11.6 Å². The van der Waals surface area contributed by atoms with Crippen LogP contribution in [0.25, 0.3) is 0 Å². The van der Waals surface area contributed by atoms with Crippen LogP contribution in [0, 0.1) is 12.8 Å². The van der Waals surface area contributed by atoms with Gasteiger partial charge in [0.2, 0.25) is 5.91 Å². The first-order valence-corrected chi connectivity index (χ1v) is 9.55. The van der Waals surface area contributed by atoms with E-state index in [1.54, 1.807) is 33.1 Å². The number of aryl methyl sites for hydroxylation is 1. The molecule has 136 valence electrons. The lowest BCUT2D eigenvalue weighted by Gasteiger charge is -2.23. The van der Waals surface area contributed by atoms with Crippen molar-refractivity contribution in [1.29, 1.82) is 0 Å². The van der Waals surface area contributed by atoms with E-state index in [1.165, 1.54) is 11.3 Å². The Morgan fingerprint density at radius 1 is 1.42 bits per heavy atom. The highest BCUT2D eigenvalue weighted by Crippen LogP contribution is 2.13. The molecular formula is C15H24N3O4S2-. The molecule has 0 bridgehead atoms. The second-order valence-electron chi connectivity index (χ2n) is 6.76. The van der Waals surface area contributed by atoms with E-state index in [2.05, 4.69) is 14.7 Å². The lowest BCUT2D eigenvalue weighted by Crippen LogP contribution is -2.43. The number of carbonyl (C=O) groups excluding carboxylic acids is 2. The maximum atomic E-state index is 12.3. The van der Waals surface area contributed by atoms with E-state index in [4.69, 9.17) is 4.74 Å². The Hall–Kier alpha value is -1.48. The molecule has 1 N–H and O–H groups in total. The topological polar surface area (TPSA) is 97.7 Å². The van der Waals surface area contributed by atoms with Crippen molar-refractivity contribution in [3.8, 4) is 0 Å². The number of hydrogen-bond acceptors (Lipinski definition) is 7. The Bertz CT molecular complexity index is 671. The second kappa shape index (κ2) is 8.57. The van der Waals surface area contributed by atoms with Crippen molar-refractivity contribution in [2.45, 2.75) is 63.9 Å². The maximum Gasteiger partial charge on any atom is 0.408 e. The van der Waals surface area contributed by atoms with E-state index < -0.39 is 34.2 Å². The molecule has 0 aliphatic heterocycles. The molecule has 24 heavy (non-hydrogen) atoms. The third-order valence-corrected chi connectivity index (χ3v) is 4.82. The lowest BCUT2D eigenvalue weighted by atomic mass is 10.0. The Kier molecular flexibility index (Phi) is 7.34. The number of nitrogens with one attached hydrogen (secondary N) is 1. The maximum absolute atomic E-state index is 12.3. The number of amides is 2. The minimum atomic E-state index is -1.87. The number of alkyl carbamates (subject to hydrolysis) is 1. The summed E-state index contributed by atoms with van der Waals surface area (Å²) >= 11 is 1.18. The largest absolute Gasteiger partial charge is 0.444 e. The first-order chi connectivity index (χ1) is 11.0. The Morgan fingerprint density at radius 3 is 2.50 bits per heavy atom. The average molecular weight is 375 g/mol. The van der Waals surface area contributed by atoms with Gasteiger partial charge in [-0.15, -0.1) is 21.9 Å². The molecule has 0 aromatic carbocycles. The molecule has 1 heterocycles. The number of carbonyl (C=O) groups is 2. The van der Waals surface area contributed by atoms with Crippen LogP contribution in [0.5, 0.6) is 0 Å². The summed E-state index contributed by atoms with van der Waals surface area (Å²) in [5, 5.41) is 4.24. The fourth-order valence-electron chi connectivity index (χ4n) is 1.74. The fourth-order valence-corrected chi connectivity index (χ4v) is 3.44. The van der Waals surface area contributed by atoms with Gasteiger partial charge in [0.25, 0.3) is 0 Å². The standard InChI is InChI=1S/C15H24N3O4S2/c1-9(2)7-11(17-13(20)22-15(4,5)6)12(19)18-24(21)14-16-10(3)8-23-14/h8-9,11H,7H2,1-6H3,(H,17,20)/q-1/t11-/m0/s1. The van der Waals surface area contributed by atoms with Gasteiger partial charge in [-0.1, -0.05) is 13.8 Å². The van der Waals surface area contributed by atoms with Gasteiger partial charge in [0.15, 0.2) is 0 Å². The molecule has 1 atom stereocenters. The van der Waals surface area contributed by atoms with Crippen molar-refractivity contribution in [2.75, 3.05) is 0 Å². The van der Waals surface area contributed by atoms with E-state index in [9.17, 15) is 13.8 Å². The number of aromatic nitrogens is 1. The van der Waals surface area contributed by atoms with Gasteiger partial charge in [0.05, 0.1) is 0 Å². The first-order valence-electron chi connectivity index (χ1n) is 7.57.